The van der Waals surface area contributed by atoms with Crippen LogP contribution in [0.25, 0.3) is 0 Å². The number of hydrogen-bond donors (Lipinski definition) is 1. The molecular formula is C11H18N2O. The Balaban J connectivity index is 2.39. The maximum Gasteiger partial charge on any atom is 0.239 e. The highest BCUT2D eigenvalue weighted by Crippen LogP contribution is 2.39. The first-order valence-electron chi connectivity index (χ1n) is 5.09. The Hall–Kier alpha value is -1.04. The lowest BCUT2D eigenvalue weighted by Crippen LogP contribution is -2.44. The minimum atomic E-state index is -0.903. The van der Waals surface area contributed by atoms with Crippen molar-refractivity contribution >= 4 is 5.91 Å². The second kappa shape index (κ2) is 3.61. The second-order valence-electron chi connectivity index (χ2n) is 5.08. The van der Waals surface area contributed by atoms with Crippen molar-refractivity contribution in [2.45, 2.75) is 40.0 Å². The van der Waals surface area contributed by atoms with Gasteiger partial charge in [0.1, 0.15) is 5.41 Å². The minimum absolute atomic E-state index is 0.159. The van der Waals surface area contributed by atoms with Crippen molar-refractivity contribution in [3.63, 3.8) is 0 Å². The summed E-state index contributed by atoms with van der Waals surface area (Å²) in [5, 5.41) is 11.6. The molecule has 1 aliphatic rings. The number of nitrogens with one attached hydrogen (secondary N) is 1. The molecule has 3 heteroatoms. The fourth-order valence-electron chi connectivity index (χ4n) is 1.52. The van der Waals surface area contributed by atoms with Crippen LogP contribution in [-0.2, 0) is 4.79 Å². The van der Waals surface area contributed by atoms with Crippen LogP contribution in [0.3, 0.4) is 0 Å². The molecule has 3 nitrogen and oxygen atoms in total. The van der Waals surface area contributed by atoms with E-state index in [2.05, 4.69) is 12.2 Å². The number of nitrogens with zero attached hydrogens (tertiary/aromatic N) is 1. The molecule has 0 aromatic heterocycles. The lowest BCUT2D eigenvalue weighted by atomic mass is 9.70. The fourth-order valence-corrected chi connectivity index (χ4v) is 1.52. The van der Waals surface area contributed by atoms with Gasteiger partial charge in [-0.05, 0) is 32.1 Å². The monoisotopic (exact) mass is 194 g/mol. The van der Waals surface area contributed by atoms with E-state index in [1.165, 1.54) is 19.3 Å². The van der Waals surface area contributed by atoms with Crippen LogP contribution in [0.2, 0.25) is 0 Å². The first-order chi connectivity index (χ1) is 6.40. The molecule has 14 heavy (non-hydrogen) atoms. The molecule has 1 saturated carbocycles. The summed E-state index contributed by atoms with van der Waals surface area (Å²) in [5.74, 6) is -0.159. The molecule has 0 aromatic rings. The molecular weight excluding hydrogens is 176 g/mol. The van der Waals surface area contributed by atoms with E-state index in [0.717, 1.165) is 0 Å². The van der Waals surface area contributed by atoms with Gasteiger partial charge in [0, 0.05) is 6.54 Å². The predicted octanol–water partition coefficient (Wildman–Crippen LogP) is 1.84. The first kappa shape index (κ1) is 11.0. The third-order valence-electron chi connectivity index (χ3n) is 3.08. The van der Waals surface area contributed by atoms with E-state index in [1.807, 2.05) is 6.07 Å². The number of carbonyl (C=O) groups is 1. The topological polar surface area (TPSA) is 52.9 Å². The van der Waals surface area contributed by atoms with Crippen LogP contribution in [0.1, 0.15) is 40.0 Å². The van der Waals surface area contributed by atoms with E-state index < -0.39 is 5.41 Å². The van der Waals surface area contributed by atoms with Crippen LogP contribution < -0.4 is 5.32 Å². The van der Waals surface area contributed by atoms with Gasteiger partial charge in [0.05, 0.1) is 6.07 Å². The van der Waals surface area contributed by atoms with Gasteiger partial charge in [-0.1, -0.05) is 13.3 Å². The molecule has 0 aliphatic heterocycles. The number of hydrogen-bond acceptors (Lipinski definition) is 2. The average Bonchev–Trinajstić information content (AvgIpc) is 2.11. The molecule has 0 aromatic carbocycles. The average molecular weight is 194 g/mol. The zero-order chi connectivity index (χ0) is 10.8. The minimum Gasteiger partial charge on any atom is -0.354 e. The number of amides is 1. The normalized spacial score (nSPS) is 19.3. The van der Waals surface area contributed by atoms with Gasteiger partial charge >= 0.3 is 0 Å². The zero-order valence-corrected chi connectivity index (χ0v) is 9.18. The lowest BCUT2D eigenvalue weighted by Gasteiger charge is -2.38. The highest BCUT2D eigenvalue weighted by molar-refractivity contribution is 5.84. The van der Waals surface area contributed by atoms with Crippen LogP contribution in [0.15, 0.2) is 0 Å². The molecule has 0 saturated heterocycles. The Bertz CT molecular complexity index is 272. The van der Waals surface area contributed by atoms with Gasteiger partial charge in [0.2, 0.25) is 5.91 Å². The van der Waals surface area contributed by atoms with Crippen molar-refractivity contribution in [1.82, 2.24) is 5.32 Å². The van der Waals surface area contributed by atoms with E-state index in [1.54, 1.807) is 13.8 Å². The molecule has 1 rings (SSSR count). The van der Waals surface area contributed by atoms with E-state index in [4.69, 9.17) is 5.26 Å². The van der Waals surface area contributed by atoms with Gasteiger partial charge in [-0.15, -0.1) is 0 Å². The fraction of sp³-hybridized carbons (Fsp3) is 0.818. The second-order valence-corrected chi connectivity index (χ2v) is 5.08. The summed E-state index contributed by atoms with van der Waals surface area (Å²) in [5.41, 5.74) is -0.624. The van der Waals surface area contributed by atoms with E-state index in [9.17, 15) is 4.79 Å². The summed E-state index contributed by atoms with van der Waals surface area (Å²) in [4.78, 5) is 11.5. The third kappa shape index (κ3) is 2.25. The Morgan fingerprint density at radius 3 is 2.50 bits per heavy atom. The van der Waals surface area contributed by atoms with Crippen LogP contribution in [0.5, 0.6) is 0 Å². The van der Waals surface area contributed by atoms with Gasteiger partial charge in [0.15, 0.2) is 0 Å². The summed E-state index contributed by atoms with van der Waals surface area (Å²) in [6.45, 7) is 6.17. The maximum atomic E-state index is 11.5. The quantitative estimate of drug-likeness (QED) is 0.745. The third-order valence-corrected chi connectivity index (χ3v) is 3.08. The van der Waals surface area contributed by atoms with Gasteiger partial charge in [-0.3, -0.25) is 4.79 Å². The molecule has 1 N–H and O–H groups in total. The maximum absolute atomic E-state index is 11.5. The van der Waals surface area contributed by atoms with Crippen LogP contribution >= 0.6 is 0 Å². The molecule has 0 unspecified atom stereocenters. The highest BCUT2D eigenvalue weighted by Gasteiger charge is 2.34. The summed E-state index contributed by atoms with van der Waals surface area (Å²) in [6, 6.07) is 2.00. The lowest BCUT2D eigenvalue weighted by molar-refractivity contribution is -0.127. The number of nitriles is 1. The SMILES string of the molecule is CC1(CNC(=O)C(C)(C)C#N)CCC1. The van der Waals surface area contributed by atoms with Crippen LogP contribution in [0, 0.1) is 22.2 Å². The predicted molar refractivity (Wildman–Crippen MR) is 54.4 cm³/mol. The van der Waals surface area contributed by atoms with Gasteiger partial charge in [-0.25, -0.2) is 0 Å². The summed E-state index contributed by atoms with van der Waals surface area (Å²) in [6.07, 6.45) is 3.62. The smallest absolute Gasteiger partial charge is 0.239 e. The van der Waals surface area contributed by atoms with Gasteiger partial charge < -0.3 is 5.32 Å². The Kier molecular flexibility index (Phi) is 2.84. The molecule has 1 aliphatic carbocycles. The molecule has 1 fully saturated rings. The van der Waals surface area contributed by atoms with Gasteiger partial charge in [0.25, 0.3) is 0 Å². The molecule has 0 bridgehead atoms. The molecule has 1 amide bonds. The van der Waals surface area contributed by atoms with Crippen LogP contribution in [-0.4, -0.2) is 12.5 Å². The van der Waals surface area contributed by atoms with Crippen molar-refractivity contribution in [3.05, 3.63) is 0 Å². The van der Waals surface area contributed by atoms with Crippen LogP contribution in [0.4, 0.5) is 0 Å². The van der Waals surface area contributed by atoms with E-state index in [0.29, 0.717) is 6.54 Å². The zero-order valence-electron chi connectivity index (χ0n) is 9.18. The Morgan fingerprint density at radius 2 is 2.14 bits per heavy atom. The van der Waals surface area contributed by atoms with Crippen molar-refractivity contribution < 1.29 is 4.79 Å². The molecule has 0 radical (unpaired) electrons. The van der Waals surface area contributed by atoms with E-state index >= 15 is 0 Å². The first-order valence-corrected chi connectivity index (χ1v) is 5.09. The number of carbonyl (C=O) groups excluding carboxylic acids is 1. The summed E-state index contributed by atoms with van der Waals surface area (Å²) >= 11 is 0. The molecule has 0 spiro atoms. The summed E-state index contributed by atoms with van der Waals surface area (Å²) < 4.78 is 0. The Morgan fingerprint density at radius 1 is 1.57 bits per heavy atom. The van der Waals surface area contributed by atoms with Crippen molar-refractivity contribution in [1.29, 1.82) is 5.26 Å². The van der Waals surface area contributed by atoms with Gasteiger partial charge in [-0.2, -0.15) is 5.26 Å². The standard InChI is InChI=1S/C11H18N2O/c1-10(2,7-12)9(14)13-8-11(3)5-4-6-11/h4-6,8H2,1-3H3,(H,13,14). The molecule has 78 valence electrons. The van der Waals surface area contributed by atoms with Crippen molar-refractivity contribution in [3.8, 4) is 6.07 Å². The highest BCUT2D eigenvalue weighted by atomic mass is 16.2. The van der Waals surface area contributed by atoms with E-state index in [-0.39, 0.29) is 11.3 Å². The molecule has 0 atom stereocenters. The van der Waals surface area contributed by atoms with Crippen molar-refractivity contribution in [2.24, 2.45) is 10.8 Å². The Labute approximate surface area is 85.5 Å². The largest absolute Gasteiger partial charge is 0.354 e. The van der Waals surface area contributed by atoms with Crippen molar-refractivity contribution in [2.75, 3.05) is 6.54 Å². The molecule has 0 heterocycles. The number of rotatable bonds is 3. The summed E-state index contributed by atoms with van der Waals surface area (Å²) in [7, 11) is 0.